The van der Waals surface area contributed by atoms with Crippen LogP contribution in [0.5, 0.6) is 0 Å². The summed E-state index contributed by atoms with van der Waals surface area (Å²) in [4.78, 5) is 16.0. The van der Waals surface area contributed by atoms with E-state index in [4.69, 9.17) is 5.84 Å². The summed E-state index contributed by atoms with van der Waals surface area (Å²) in [5, 5.41) is 6.36. The van der Waals surface area contributed by atoms with Gasteiger partial charge in [-0.2, -0.15) is 4.98 Å². The van der Waals surface area contributed by atoms with Gasteiger partial charge >= 0.3 is 0 Å². The number of H-pyrrole nitrogens is 1. The summed E-state index contributed by atoms with van der Waals surface area (Å²) in [5.74, 6) is 7.22. The highest BCUT2D eigenvalue weighted by molar-refractivity contribution is 5.79. The molecule has 2 aromatic heterocycles. The lowest BCUT2D eigenvalue weighted by atomic mass is 10.2. The molecule has 0 saturated heterocycles. The second-order valence-corrected chi connectivity index (χ2v) is 6.19. The van der Waals surface area contributed by atoms with E-state index >= 15 is 0 Å². The van der Waals surface area contributed by atoms with Gasteiger partial charge in [0, 0.05) is 29.2 Å². The first-order valence-electron chi connectivity index (χ1n) is 8.38. The number of aromatic nitrogens is 4. The molecule has 4 rings (SSSR count). The molecule has 8 nitrogen and oxygen atoms in total. The summed E-state index contributed by atoms with van der Waals surface area (Å²) in [6.45, 7) is 4.01. The van der Waals surface area contributed by atoms with E-state index in [2.05, 4.69) is 42.6 Å². The molecule has 1 fully saturated rings. The SMILES string of the molecule is C=C(/C=C(\NN)C1CC1)Nc1ccnc(Nc2ccc3nc[nH]c3c2)n1. The maximum Gasteiger partial charge on any atom is 0.229 e. The molecule has 0 aliphatic heterocycles. The molecule has 0 atom stereocenters. The van der Waals surface area contributed by atoms with E-state index in [0.717, 1.165) is 35.3 Å². The van der Waals surface area contributed by atoms with Crippen LogP contribution in [-0.2, 0) is 0 Å². The lowest BCUT2D eigenvalue weighted by molar-refractivity contribution is 0.786. The first kappa shape index (κ1) is 16.1. The van der Waals surface area contributed by atoms with Crippen LogP contribution < -0.4 is 21.9 Å². The second kappa shape index (κ2) is 6.85. The lowest BCUT2D eigenvalue weighted by Gasteiger charge is -2.10. The fourth-order valence-corrected chi connectivity index (χ4v) is 2.69. The second-order valence-electron chi connectivity index (χ2n) is 6.19. The number of rotatable bonds is 7. The molecule has 2 heterocycles. The smallest absolute Gasteiger partial charge is 0.229 e. The zero-order valence-corrected chi connectivity index (χ0v) is 14.2. The van der Waals surface area contributed by atoms with Crippen molar-refractivity contribution in [1.29, 1.82) is 0 Å². The van der Waals surface area contributed by atoms with Crippen molar-refractivity contribution in [1.82, 2.24) is 25.4 Å². The van der Waals surface area contributed by atoms with Gasteiger partial charge in [0.05, 0.1) is 17.4 Å². The normalized spacial score (nSPS) is 14.3. The highest BCUT2D eigenvalue weighted by Gasteiger charge is 2.25. The number of anilines is 3. The number of hydrogen-bond donors (Lipinski definition) is 5. The van der Waals surface area contributed by atoms with Crippen LogP contribution in [-0.4, -0.2) is 19.9 Å². The number of nitrogens with zero attached hydrogens (tertiary/aromatic N) is 3. The minimum atomic E-state index is 0.491. The molecule has 26 heavy (non-hydrogen) atoms. The Hall–Kier alpha value is -3.39. The maximum absolute atomic E-state index is 5.57. The van der Waals surface area contributed by atoms with E-state index in [1.54, 1.807) is 18.6 Å². The molecule has 1 aromatic carbocycles. The molecule has 1 aliphatic carbocycles. The van der Waals surface area contributed by atoms with Gasteiger partial charge in [0.2, 0.25) is 5.95 Å². The van der Waals surface area contributed by atoms with Crippen molar-refractivity contribution in [3.63, 3.8) is 0 Å². The molecule has 0 bridgehead atoms. The molecule has 8 heteroatoms. The Morgan fingerprint density at radius 2 is 2.15 bits per heavy atom. The number of nitrogens with two attached hydrogens (primary N) is 1. The monoisotopic (exact) mass is 348 g/mol. The summed E-state index contributed by atoms with van der Waals surface area (Å²) < 4.78 is 0. The van der Waals surface area contributed by atoms with Crippen LogP contribution in [0.2, 0.25) is 0 Å². The first-order chi connectivity index (χ1) is 12.7. The Balaban J connectivity index is 1.46. The van der Waals surface area contributed by atoms with E-state index in [9.17, 15) is 0 Å². The number of allylic oxidation sites excluding steroid dienone is 2. The van der Waals surface area contributed by atoms with Crippen molar-refractivity contribution < 1.29 is 0 Å². The zero-order valence-electron chi connectivity index (χ0n) is 14.2. The largest absolute Gasteiger partial charge is 0.345 e. The lowest BCUT2D eigenvalue weighted by Crippen LogP contribution is -2.22. The van der Waals surface area contributed by atoms with Gasteiger partial charge in [-0.15, -0.1) is 0 Å². The zero-order chi connectivity index (χ0) is 17.9. The molecule has 6 N–H and O–H groups in total. The van der Waals surface area contributed by atoms with Gasteiger partial charge in [-0.1, -0.05) is 6.58 Å². The number of nitrogens with one attached hydrogen (secondary N) is 4. The summed E-state index contributed by atoms with van der Waals surface area (Å²) in [6.07, 6.45) is 7.59. The highest BCUT2D eigenvalue weighted by atomic mass is 15.2. The van der Waals surface area contributed by atoms with Gasteiger partial charge in [0.25, 0.3) is 0 Å². The fourth-order valence-electron chi connectivity index (χ4n) is 2.69. The highest BCUT2D eigenvalue weighted by Crippen LogP contribution is 2.35. The van der Waals surface area contributed by atoms with Crippen LogP contribution in [0.25, 0.3) is 11.0 Å². The molecule has 132 valence electrons. The molecule has 0 spiro atoms. The van der Waals surface area contributed by atoms with Gasteiger partial charge in [0.1, 0.15) is 5.82 Å². The summed E-state index contributed by atoms with van der Waals surface area (Å²) in [7, 11) is 0. The number of imidazole rings is 1. The summed E-state index contributed by atoms with van der Waals surface area (Å²) in [5.41, 5.74) is 7.19. The van der Waals surface area contributed by atoms with E-state index in [1.807, 2.05) is 24.3 Å². The molecule has 3 aromatic rings. The van der Waals surface area contributed by atoms with Crippen LogP contribution in [0.1, 0.15) is 12.8 Å². The van der Waals surface area contributed by atoms with Crippen molar-refractivity contribution in [2.45, 2.75) is 12.8 Å². The molecule has 1 aliphatic rings. The van der Waals surface area contributed by atoms with Gasteiger partial charge < -0.3 is 21.0 Å². The third-order valence-corrected chi connectivity index (χ3v) is 4.13. The Morgan fingerprint density at radius 3 is 2.96 bits per heavy atom. The summed E-state index contributed by atoms with van der Waals surface area (Å²) >= 11 is 0. The van der Waals surface area contributed by atoms with Crippen molar-refractivity contribution in [2.24, 2.45) is 11.8 Å². The molecule has 1 saturated carbocycles. The Bertz CT molecular complexity index is 970. The molecule has 0 unspecified atom stereocenters. The number of hydrazine groups is 1. The average molecular weight is 348 g/mol. The van der Waals surface area contributed by atoms with Crippen molar-refractivity contribution in [3.05, 3.63) is 60.8 Å². The van der Waals surface area contributed by atoms with Gasteiger partial charge in [0.15, 0.2) is 0 Å². The molecular formula is C18H20N8. The molecule has 0 radical (unpaired) electrons. The van der Waals surface area contributed by atoms with Gasteiger partial charge in [-0.05, 0) is 43.2 Å². The van der Waals surface area contributed by atoms with Crippen LogP contribution in [0.4, 0.5) is 17.5 Å². The first-order valence-corrected chi connectivity index (χ1v) is 8.38. The molecular weight excluding hydrogens is 328 g/mol. The third kappa shape index (κ3) is 3.65. The van der Waals surface area contributed by atoms with E-state index in [1.165, 1.54) is 0 Å². The topological polar surface area (TPSA) is 117 Å². The predicted molar refractivity (Wildman–Crippen MR) is 102 cm³/mol. The van der Waals surface area contributed by atoms with Crippen LogP contribution >= 0.6 is 0 Å². The minimum Gasteiger partial charge on any atom is -0.345 e. The van der Waals surface area contributed by atoms with Crippen LogP contribution in [0.15, 0.2) is 60.8 Å². The number of hydrogen-bond acceptors (Lipinski definition) is 7. The van der Waals surface area contributed by atoms with Crippen LogP contribution in [0, 0.1) is 5.92 Å². The van der Waals surface area contributed by atoms with Crippen molar-refractivity contribution >= 4 is 28.5 Å². The number of fused-ring (bicyclic) bond motifs is 1. The van der Waals surface area contributed by atoms with Gasteiger partial charge in [-0.3, -0.25) is 5.84 Å². The van der Waals surface area contributed by atoms with Crippen molar-refractivity contribution in [2.75, 3.05) is 10.6 Å². The standard InChI is InChI=1S/C18H20N8/c1-11(8-15(26-19)12-2-3-12)23-17-6-7-20-18(25-17)24-13-4-5-14-16(9-13)22-10-21-14/h4-10,12,26H,1-3,19H2,(H,21,22)(H2,20,23,24,25)/b15-8-. The maximum atomic E-state index is 5.57. The summed E-state index contributed by atoms with van der Waals surface area (Å²) in [6, 6.07) is 7.61. The minimum absolute atomic E-state index is 0.491. The Morgan fingerprint density at radius 1 is 1.27 bits per heavy atom. The van der Waals surface area contributed by atoms with Crippen LogP contribution in [0.3, 0.4) is 0 Å². The van der Waals surface area contributed by atoms with E-state index in [0.29, 0.717) is 23.4 Å². The third-order valence-electron chi connectivity index (χ3n) is 4.13. The average Bonchev–Trinajstić information content (AvgIpc) is 3.37. The Kier molecular flexibility index (Phi) is 4.24. The van der Waals surface area contributed by atoms with E-state index in [-0.39, 0.29) is 0 Å². The fraction of sp³-hybridized carbons (Fsp3) is 0.167. The quantitative estimate of drug-likeness (QED) is 0.253. The van der Waals surface area contributed by atoms with Crippen molar-refractivity contribution in [3.8, 4) is 0 Å². The molecule has 0 amide bonds. The number of benzene rings is 1. The van der Waals surface area contributed by atoms with E-state index < -0.39 is 0 Å². The number of aromatic amines is 1. The van der Waals surface area contributed by atoms with Gasteiger partial charge in [-0.25, -0.2) is 9.97 Å². The predicted octanol–water partition coefficient (Wildman–Crippen LogP) is 2.78. The Labute approximate surface area is 150 Å².